The lowest BCUT2D eigenvalue weighted by Crippen LogP contribution is -2.34. The topological polar surface area (TPSA) is 78.1 Å². The summed E-state index contributed by atoms with van der Waals surface area (Å²) >= 11 is 6.07. The van der Waals surface area contributed by atoms with Crippen molar-refractivity contribution in [2.24, 2.45) is 0 Å². The van der Waals surface area contributed by atoms with Crippen LogP contribution < -0.4 is 5.32 Å². The van der Waals surface area contributed by atoms with E-state index in [0.717, 1.165) is 12.1 Å². The van der Waals surface area contributed by atoms with Crippen molar-refractivity contribution < 1.29 is 22.8 Å². The van der Waals surface area contributed by atoms with Crippen LogP contribution in [-0.4, -0.2) is 34.0 Å². The number of fused-ring (bicyclic) bond motifs is 1. The molecule has 2 N–H and O–H groups in total. The molecule has 0 saturated heterocycles. The van der Waals surface area contributed by atoms with Gasteiger partial charge < -0.3 is 10.2 Å². The second kappa shape index (κ2) is 8.55. The number of carbonyl (C=O) groups is 2. The fraction of sp³-hybridized carbons (Fsp3) is 0.261. The lowest BCUT2D eigenvalue weighted by Gasteiger charge is -2.33. The number of hydrogen-bond donors (Lipinski definition) is 2. The summed E-state index contributed by atoms with van der Waals surface area (Å²) in [5, 5.41) is 10.5. The standard InChI is InChI=1S/C23H20ClF3N4O2/c1-12-16(10-20(32)28-15-7-8-19-18(9-15)22(24)30-29-19)17(11-21(33)31(12)2)13-3-5-14(6-4-13)23(25,26)27/h3-9,17H,10-11H2,1-2H3,(H,28,32)(H,29,30). The number of H-pyrrole nitrogens is 1. The Balaban J connectivity index is 1.60. The maximum atomic E-state index is 13.0. The minimum Gasteiger partial charge on any atom is -0.326 e. The van der Waals surface area contributed by atoms with Crippen molar-refractivity contribution in [3.63, 3.8) is 0 Å². The molecule has 1 unspecified atom stereocenters. The number of aromatic nitrogens is 2. The summed E-state index contributed by atoms with van der Waals surface area (Å²) in [6.45, 7) is 1.73. The number of carbonyl (C=O) groups excluding carboxylic acids is 2. The summed E-state index contributed by atoms with van der Waals surface area (Å²) in [4.78, 5) is 26.8. The molecule has 2 aromatic carbocycles. The molecule has 10 heteroatoms. The molecule has 1 aromatic heterocycles. The zero-order valence-electron chi connectivity index (χ0n) is 17.8. The van der Waals surface area contributed by atoms with Gasteiger partial charge in [-0.05, 0) is 48.4 Å². The van der Waals surface area contributed by atoms with E-state index in [0.29, 0.717) is 38.6 Å². The monoisotopic (exact) mass is 476 g/mol. The van der Waals surface area contributed by atoms with Gasteiger partial charge in [-0.2, -0.15) is 18.3 Å². The fourth-order valence-electron chi connectivity index (χ4n) is 4.00. The number of allylic oxidation sites excluding steroid dienone is 1. The predicted octanol–water partition coefficient (Wildman–Crippen LogP) is 5.48. The molecule has 33 heavy (non-hydrogen) atoms. The first-order valence-electron chi connectivity index (χ1n) is 10.1. The largest absolute Gasteiger partial charge is 0.416 e. The highest BCUT2D eigenvalue weighted by molar-refractivity contribution is 6.34. The minimum atomic E-state index is -4.45. The summed E-state index contributed by atoms with van der Waals surface area (Å²) in [6.07, 6.45) is -4.40. The minimum absolute atomic E-state index is 0.0215. The average molecular weight is 477 g/mol. The Morgan fingerprint density at radius 3 is 2.61 bits per heavy atom. The van der Waals surface area contributed by atoms with Crippen LogP contribution in [-0.2, 0) is 15.8 Å². The quantitative estimate of drug-likeness (QED) is 0.523. The van der Waals surface area contributed by atoms with Gasteiger partial charge in [-0.3, -0.25) is 14.7 Å². The van der Waals surface area contributed by atoms with E-state index in [9.17, 15) is 22.8 Å². The summed E-state index contributed by atoms with van der Waals surface area (Å²) in [5.41, 5.74) is 2.26. The molecule has 0 spiro atoms. The van der Waals surface area contributed by atoms with Crippen LogP contribution >= 0.6 is 11.6 Å². The molecule has 0 radical (unpaired) electrons. The number of hydrogen-bond acceptors (Lipinski definition) is 3. The number of halogens is 4. The number of aromatic amines is 1. The molecule has 0 fully saturated rings. The molecule has 4 rings (SSSR count). The number of benzene rings is 2. The molecule has 0 bridgehead atoms. The highest BCUT2D eigenvalue weighted by atomic mass is 35.5. The first-order chi connectivity index (χ1) is 15.5. The van der Waals surface area contributed by atoms with Crippen LogP contribution in [0.2, 0.25) is 5.15 Å². The zero-order chi connectivity index (χ0) is 23.9. The molecule has 0 saturated carbocycles. The number of nitrogens with one attached hydrogen (secondary N) is 2. The second-order valence-electron chi connectivity index (χ2n) is 7.93. The van der Waals surface area contributed by atoms with Crippen molar-refractivity contribution >= 4 is 40.0 Å². The molecule has 172 valence electrons. The predicted molar refractivity (Wildman–Crippen MR) is 119 cm³/mol. The lowest BCUT2D eigenvalue weighted by molar-refractivity contribution is -0.137. The Morgan fingerprint density at radius 1 is 1.24 bits per heavy atom. The SMILES string of the molecule is CC1=C(CC(=O)Nc2ccc3n[nH]c(Cl)c3c2)C(c2ccc(C(F)(F)F)cc2)CC(=O)N1C. The van der Waals surface area contributed by atoms with Crippen LogP contribution in [0.1, 0.15) is 36.8 Å². The molecule has 1 aliphatic rings. The maximum Gasteiger partial charge on any atom is 0.416 e. The van der Waals surface area contributed by atoms with Gasteiger partial charge in [0, 0.05) is 36.2 Å². The van der Waals surface area contributed by atoms with E-state index in [1.807, 2.05) is 0 Å². The molecular formula is C23H20ClF3N4O2. The van der Waals surface area contributed by atoms with Crippen LogP contribution in [0.15, 0.2) is 53.7 Å². The number of nitrogens with zero attached hydrogens (tertiary/aromatic N) is 2. The number of rotatable bonds is 4. The van der Waals surface area contributed by atoms with Gasteiger partial charge in [0.2, 0.25) is 11.8 Å². The van der Waals surface area contributed by atoms with E-state index in [1.54, 1.807) is 32.2 Å². The maximum absolute atomic E-state index is 13.0. The first kappa shape index (κ1) is 22.8. The van der Waals surface area contributed by atoms with Crippen LogP contribution in [0, 0.1) is 0 Å². The normalized spacial score (nSPS) is 17.1. The van der Waals surface area contributed by atoms with Crippen LogP contribution in [0.4, 0.5) is 18.9 Å². The van der Waals surface area contributed by atoms with E-state index < -0.39 is 17.7 Å². The highest BCUT2D eigenvalue weighted by Crippen LogP contribution is 2.39. The molecule has 0 aliphatic carbocycles. The lowest BCUT2D eigenvalue weighted by atomic mass is 9.82. The number of anilines is 1. The van der Waals surface area contributed by atoms with Gasteiger partial charge in [-0.1, -0.05) is 23.7 Å². The Hall–Kier alpha value is -3.33. The van der Waals surface area contributed by atoms with E-state index in [4.69, 9.17) is 11.6 Å². The summed E-state index contributed by atoms with van der Waals surface area (Å²) in [7, 11) is 1.62. The molecule has 2 heterocycles. The third-order valence-corrected chi connectivity index (χ3v) is 6.21. The van der Waals surface area contributed by atoms with Crippen LogP contribution in [0.5, 0.6) is 0 Å². The van der Waals surface area contributed by atoms with Gasteiger partial charge >= 0.3 is 6.18 Å². The molecule has 1 aliphatic heterocycles. The van der Waals surface area contributed by atoms with Gasteiger partial charge in [0.05, 0.1) is 17.5 Å². The van der Waals surface area contributed by atoms with E-state index in [1.165, 1.54) is 17.0 Å². The van der Waals surface area contributed by atoms with Crippen LogP contribution in [0.3, 0.4) is 0 Å². The Kier molecular flexibility index (Phi) is 5.92. The Morgan fingerprint density at radius 2 is 1.94 bits per heavy atom. The van der Waals surface area contributed by atoms with Gasteiger partial charge in [-0.15, -0.1) is 0 Å². The van der Waals surface area contributed by atoms with Crippen molar-refractivity contribution in [1.29, 1.82) is 0 Å². The summed E-state index contributed by atoms with van der Waals surface area (Å²) in [6, 6.07) is 9.84. The molecule has 3 aromatic rings. The van der Waals surface area contributed by atoms with Gasteiger partial charge in [0.25, 0.3) is 0 Å². The van der Waals surface area contributed by atoms with E-state index >= 15 is 0 Å². The van der Waals surface area contributed by atoms with Gasteiger partial charge in [-0.25, -0.2) is 0 Å². The third kappa shape index (κ3) is 4.59. The van der Waals surface area contributed by atoms with Crippen molar-refractivity contribution in [2.75, 3.05) is 12.4 Å². The number of alkyl halides is 3. The van der Waals surface area contributed by atoms with Gasteiger partial charge in [0.1, 0.15) is 5.15 Å². The zero-order valence-corrected chi connectivity index (χ0v) is 18.5. The Bertz CT molecular complexity index is 1260. The highest BCUT2D eigenvalue weighted by Gasteiger charge is 2.34. The van der Waals surface area contributed by atoms with Crippen molar-refractivity contribution in [3.05, 3.63) is 70.0 Å². The molecule has 1 atom stereocenters. The average Bonchev–Trinajstić information content (AvgIpc) is 3.13. The van der Waals surface area contributed by atoms with E-state index in [-0.39, 0.29) is 24.7 Å². The van der Waals surface area contributed by atoms with Gasteiger partial charge in [0.15, 0.2) is 0 Å². The number of amides is 2. The Labute approximate surface area is 192 Å². The smallest absolute Gasteiger partial charge is 0.326 e. The molecule has 6 nitrogen and oxygen atoms in total. The summed E-state index contributed by atoms with van der Waals surface area (Å²) in [5.74, 6) is -0.975. The van der Waals surface area contributed by atoms with Crippen molar-refractivity contribution in [2.45, 2.75) is 31.9 Å². The van der Waals surface area contributed by atoms with E-state index in [2.05, 4.69) is 15.5 Å². The molecule has 2 amide bonds. The molecular weight excluding hydrogens is 457 g/mol. The van der Waals surface area contributed by atoms with Crippen molar-refractivity contribution in [1.82, 2.24) is 15.1 Å². The summed E-state index contributed by atoms with van der Waals surface area (Å²) < 4.78 is 38.9. The fourth-order valence-corrected chi connectivity index (χ4v) is 4.19. The van der Waals surface area contributed by atoms with Crippen molar-refractivity contribution in [3.8, 4) is 0 Å². The third-order valence-electron chi connectivity index (χ3n) is 5.92. The second-order valence-corrected chi connectivity index (χ2v) is 8.31. The first-order valence-corrected chi connectivity index (χ1v) is 10.5. The van der Waals surface area contributed by atoms with Crippen LogP contribution in [0.25, 0.3) is 10.9 Å².